The van der Waals surface area contributed by atoms with Crippen LogP contribution in [-0.2, 0) is 0 Å². The fraction of sp³-hybridized carbons (Fsp3) is 0.500. The topological polar surface area (TPSA) is 38.3 Å². The molecule has 1 aromatic rings. The summed E-state index contributed by atoms with van der Waals surface area (Å²) in [6.07, 6.45) is 2.17. The fourth-order valence-electron chi connectivity index (χ4n) is 1.65. The normalized spacial score (nSPS) is 14.9. The van der Waals surface area contributed by atoms with Crippen LogP contribution >= 0.6 is 0 Å². The van der Waals surface area contributed by atoms with Crippen LogP contribution in [0.15, 0.2) is 18.2 Å². The van der Waals surface area contributed by atoms with Crippen LogP contribution in [0.5, 0.6) is 5.75 Å². The Hall–Kier alpha value is -1.42. The van der Waals surface area contributed by atoms with Gasteiger partial charge in [-0.15, -0.1) is 0 Å². The van der Waals surface area contributed by atoms with E-state index in [0.29, 0.717) is 11.6 Å². The summed E-state index contributed by atoms with van der Waals surface area (Å²) in [5.41, 5.74) is 0.386. The molecule has 98 valence electrons. The molecule has 0 atom stereocenters. The Labute approximate surface area is 106 Å². The van der Waals surface area contributed by atoms with Gasteiger partial charge in [0, 0.05) is 11.6 Å². The lowest BCUT2D eigenvalue weighted by Crippen LogP contribution is -2.24. The van der Waals surface area contributed by atoms with E-state index < -0.39 is 5.82 Å². The third-order valence-corrected chi connectivity index (χ3v) is 2.75. The van der Waals surface area contributed by atoms with Gasteiger partial charge >= 0.3 is 0 Å². The second-order valence-electron chi connectivity index (χ2n) is 4.89. The number of Topliss-reactive ketones (excluding diaryl/α,β-unsaturated/α-hetero) is 1. The first-order valence-corrected chi connectivity index (χ1v) is 6.29. The Bertz CT molecular complexity index is 441. The zero-order valence-electron chi connectivity index (χ0n) is 10.7. The van der Waals surface area contributed by atoms with E-state index in [-0.39, 0.29) is 24.2 Å². The van der Waals surface area contributed by atoms with E-state index in [9.17, 15) is 9.18 Å². The maximum absolute atomic E-state index is 13.7. The minimum absolute atomic E-state index is 0.0856. The third kappa shape index (κ3) is 3.53. The summed E-state index contributed by atoms with van der Waals surface area (Å²) in [5, 5.41) is 3.12. The van der Waals surface area contributed by atoms with Crippen molar-refractivity contribution < 1.29 is 13.9 Å². The van der Waals surface area contributed by atoms with E-state index in [1.807, 2.05) is 13.8 Å². The number of rotatable bonds is 6. The van der Waals surface area contributed by atoms with E-state index in [1.165, 1.54) is 12.1 Å². The van der Waals surface area contributed by atoms with Gasteiger partial charge in [-0.2, -0.15) is 0 Å². The van der Waals surface area contributed by atoms with E-state index in [4.69, 9.17) is 4.74 Å². The highest BCUT2D eigenvalue weighted by Gasteiger charge is 2.21. The zero-order valence-corrected chi connectivity index (χ0v) is 10.7. The molecule has 4 heteroatoms. The van der Waals surface area contributed by atoms with Gasteiger partial charge in [0.15, 0.2) is 17.3 Å². The maximum Gasteiger partial charge on any atom is 0.176 e. The van der Waals surface area contributed by atoms with Crippen LogP contribution in [0.4, 0.5) is 4.39 Å². The molecule has 0 heterocycles. The molecule has 0 aliphatic heterocycles. The average Bonchev–Trinajstić information content (AvgIpc) is 3.12. The number of carbonyl (C=O) groups excluding carboxylic acids is 1. The van der Waals surface area contributed by atoms with Crippen molar-refractivity contribution in [3.05, 3.63) is 29.6 Å². The first-order chi connectivity index (χ1) is 8.56. The van der Waals surface area contributed by atoms with Gasteiger partial charge in [-0.25, -0.2) is 4.39 Å². The summed E-state index contributed by atoms with van der Waals surface area (Å²) in [5.74, 6) is -0.380. The van der Waals surface area contributed by atoms with Crippen LogP contribution in [-0.4, -0.2) is 24.5 Å². The summed E-state index contributed by atoms with van der Waals surface area (Å²) in [6.45, 7) is 3.94. The highest BCUT2D eigenvalue weighted by molar-refractivity contribution is 5.97. The second kappa shape index (κ2) is 5.48. The van der Waals surface area contributed by atoms with Gasteiger partial charge in [0.1, 0.15) is 0 Å². The van der Waals surface area contributed by atoms with Gasteiger partial charge < -0.3 is 10.1 Å². The first kappa shape index (κ1) is 13.0. The molecule has 0 radical (unpaired) electrons. The van der Waals surface area contributed by atoms with Gasteiger partial charge in [-0.1, -0.05) is 0 Å². The molecular weight excluding hydrogens is 233 g/mol. The Balaban J connectivity index is 1.99. The SMILES string of the molecule is CC(C)Oc1ccc(C(=O)CNC2CC2)cc1F. The van der Waals surface area contributed by atoms with Gasteiger partial charge in [0.05, 0.1) is 12.6 Å². The number of carbonyl (C=O) groups is 1. The molecule has 3 nitrogen and oxygen atoms in total. The van der Waals surface area contributed by atoms with Gasteiger partial charge in [-0.3, -0.25) is 4.79 Å². The number of halogens is 1. The first-order valence-electron chi connectivity index (χ1n) is 6.29. The van der Waals surface area contributed by atoms with Gasteiger partial charge in [0.2, 0.25) is 0 Å². The lowest BCUT2D eigenvalue weighted by Gasteiger charge is -2.11. The van der Waals surface area contributed by atoms with Crippen LogP contribution in [0.1, 0.15) is 37.0 Å². The summed E-state index contributed by atoms with van der Waals surface area (Å²) < 4.78 is 19.0. The summed E-state index contributed by atoms with van der Waals surface area (Å²) in [4.78, 5) is 11.8. The van der Waals surface area contributed by atoms with Crippen molar-refractivity contribution in [2.75, 3.05) is 6.54 Å². The number of ketones is 1. The minimum atomic E-state index is -0.485. The number of hydrogen-bond donors (Lipinski definition) is 1. The molecule has 0 spiro atoms. The van der Waals surface area contributed by atoms with Gasteiger partial charge in [-0.05, 0) is 44.9 Å². The van der Waals surface area contributed by atoms with Crippen LogP contribution in [0, 0.1) is 5.82 Å². The number of benzene rings is 1. The lowest BCUT2D eigenvalue weighted by atomic mass is 10.1. The van der Waals surface area contributed by atoms with Crippen molar-refractivity contribution in [2.24, 2.45) is 0 Å². The van der Waals surface area contributed by atoms with Crippen molar-refractivity contribution in [3.63, 3.8) is 0 Å². The van der Waals surface area contributed by atoms with E-state index >= 15 is 0 Å². The highest BCUT2D eigenvalue weighted by Crippen LogP contribution is 2.21. The van der Waals surface area contributed by atoms with Crippen molar-refractivity contribution in [2.45, 2.75) is 38.8 Å². The Morgan fingerprint density at radius 1 is 1.50 bits per heavy atom. The molecule has 2 rings (SSSR count). The van der Waals surface area contributed by atoms with Crippen LogP contribution in [0.2, 0.25) is 0 Å². The maximum atomic E-state index is 13.7. The molecule has 1 saturated carbocycles. The van der Waals surface area contributed by atoms with Gasteiger partial charge in [0.25, 0.3) is 0 Å². The summed E-state index contributed by atoms with van der Waals surface area (Å²) in [6, 6.07) is 4.84. The van der Waals surface area contributed by atoms with E-state index in [0.717, 1.165) is 12.8 Å². The molecule has 1 aliphatic carbocycles. The van der Waals surface area contributed by atoms with Crippen LogP contribution < -0.4 is 10.1 Å². The van der Waals surface area contributed by atoms with E-state index in [1.54, 1.807) is 6.07 Å². The number of ether oxygens (including phenoxy) is 1. The highest BCUT2D eigenvalue weighted by atomic mass is 19.1. The Morgan fingerprint density at radius 3 is 2.78 bits per heavy atom. The fourth-order valence-corrected chi connectivity index (χ4v) is 1.65. The summed E-state index contributed by atoms with van der Waals surface area (Å²) in [7, 11) is 0. The molecule has 0 bridgehead atoms. The standard InChI is InChI=1S/C14H18FNO2/c1-9(2)18-14-6-3-10(7-12(14)15)13(17)8-16-11-4-5-11/h3,6-7,9,11,16H,4-5,8H2,1-2H3. The smallest absolute Gasteiger partial charge is 0.176 e. The molecule has 0 amide bonds. The minimum Gasteiger partial charge on any atom is -0.488 e. The molecule has 0 aromatic heterocycles. The van der Waals surface area contributed by atoms with Crippen molar-refractivity contribution in [3.8, 4) is 5.75 Å². The molecule has 1 fully saturated rings. The molecule has 1 N–H and O–H groups in total. The van der Waals surface area contributed by atoms with Crippen molar-refractivity contribution in [1.82, 2.24) is 5.32 Å². The molecule has 0 saturated heterocycles. The molecule has 1 aliphatic rings. The summed E-state index contributed by atoms with van der Waals surface area (Å²) >= 11 is 0. The van der Waals surface area contributed by atoms with Crippen LogP contribution in [0.25, 0.3) is 0 Å². The van der Waals surface area contributed by atoms with E-state index in [2.05, 4.69) is 5.32 Å². The zero-order chi connectivity index (χ0) is 13.1. The second-order valence-corrected chi connectivity index (χ2v) is 4.89. The monoisotopic (exact) mass is 251 g/mol. The Kier molecular flexibility index (Phi) is 3.97. The molecule has 0 unspecified atom stereocenters. The molecular formula is C14H18FNO2. The Morgan fingerprint density at radius 2 is 2.22 bits per heavy atom. The largest absolute Gasteiger partial charge is 0.488 e. The third-order valence-electron chi connectivity index (χ3n) is 2.75. The van der Waals surface area contributed by atoms with Crippen molar-refractivity contribution in [1.29, 1.82) is 0 Å². The quantitative estimate of drug-likeness (QED) is 0.790. The predicted octanol–water partition coefficient (Wildman–Crippen LogP) is 2.55. The number of nitrogens with one attached hydrogen (secondary N) is 1. The van der Waals surface area contributed by atoms with Crippen molar-refractivity contribution >= 4 is 5.78 Å². The average molecular weight is 251 g/mol. The molecule has 18 heavy (non-hydrogen) atoms. The van der Waals surface area contributed by atoms with Crippen LogP contribution in [0.3, 0.4) is 0 Å². The predicted molar refractivity (Wildman–Crippen MR) is 67.5 cm³/mol. The number of hydrogen-bond acceptors (Lipinski definition) is 3. The molecule has 1 aromatic carbocycles. The lowest BCUT2D eigenvalue weighted by molar-refractivity contribution is 0.0990.